The fourth-order valence-electron chi connectivity index (χ4n) is 3.46. The second-order valence-electron chi connectivity index (χ2n) is 6.31. The Balaban J connectivity index is 1.54. The van der Waals surface area contributed by atoms with Crippen LogP contribution in [0.15, 0.2) is 36.5 Å². The summed E-state index contributed by atoms with van der Waals surface area (Å²) in [5.74, 6) is 1.63. The van der Waals surface area contributed by atoms with Crippen molar-refractivity contribution in [3.05, 3.63) is 42.1 Å². The molecular formula is C18H22N4O. The van der Waals surface area contributed by atoms with Crippen molar-refractivity contribution in [3.63, 3.8) is 0 Å². The van der Waals surface area contributed by atoms with E-state index in [4.69, 9.17) is 9.72 Å². The number of nitrogens with one attached hydrogen (secondary N) is 1. The molecule has 2 aliphatic rings. The molecule has 1 saturated heterocycles. The number of hydrogen-bond acceptors (Lipinski definition) is 5. The standard InChI is InChI=1S/C18H22N4O/c1-13-11-14-5-2-3-7-16(14)22(13)18-19-9-8-17(21-18)20-12-15-6-4-10-23-15/h2-3,5,7-9,13,15H,4,6,10-12H2,1H3,(H,19,20,21). The number of aromatic nitrogens is 2. The van der Waals surface area contributed by atoms with Gasteiger partial charge in [-0.2, -0.15) is 4.98 Å². The number of rotatable bonds is 4. The second kappa shape index (κ2) is 6.16. The van der Waals surface area contributed by atoms with Gasteiger partial charge in [-0.3, -0.25) is 0 Å². The van der Waals surface area contributed by atoms with Crippen LogP contribution >= 0.6 is 0 Å². The molecule has 23 heavy (non-hydrogen) atoms. The van der Waals surface area contributed by atoms with Crippen LogP contribution in [0, 0.1) is 0 Å². The molecule has 4 rings (SSSR count). The number of benzene rings is 1. The highest BCUT2D eigenvalue weighted by molar-refractivity contribution is 5.67. The zero-order chi connectivity index (χ0) is 15.6. The van der Waals surface area contributed by atoms with E-state index in [1.165, 1.54) is 11.3 Å². The summed E-state index contributed by atoms with van der Waals surface area (Å²) in [5, 5.41) is 3.39. The molecule has 2 atom stereocenters. The average Bonchev–Trinajstić information content (AvgIpc) is 3.19. The van der Waals surface area contributed by atoms with Gasteiger partial charge in [-0.25, -0.2) is 4.98 Å². The van der Waals surface area contributed by atoms with Crippen molar-refractivity contribution in [2.24, 2.45) is 0 Å². The van der Waals surface area contributed by atoms with Crippen LogP contribution in [-0.2, 0) is 11.2 Å². The SMILES string of the molecule is CC1Cc2ccccc2N1c1nccc(NCC2CCCO2)n1. The van der Waals surface area contributed by atoms with E-state index in [1.807, 2.05) is 12.3 Å². The summed E-state index contributed by atoms with van der Waals surface area (Å²) < 4.78 is 5.65. The largest absolute Gasteiger partial charge is 0.376 e. The number of para-hydroxylation sites is 1. The quantitative estimate of drug-likeness (QED) is 0.940. The number of anilines is 3. The van der Waals surface area contributed by atoms with E-state index in [0.29, 0.717) is 12.1 Å². The monoisotopic (exact) mass is 310 g/mol. The van der Waals surface area contributed by atoms with Gasteiger partial charge >= 0.3 is 0 Å². The minimum atomic E-state index is 0.305. The van der Waals surface area contributed by atoms with Crippen LogP contribution in [0.25, 0.3) is 0 Å². The van der Waals surface area contributed by atoms with Crippen LogP contribution in [0.4, 0.5) is 17.5 Å². The Morgan fingerprint density at radius 3 is 3.09 bits per heavy atom. The van der Waals surface area contributed by atoms with Crippen molar-refractivity contribution < 1.29 is 4.74 Å². The lowest BCUT2D eigenvalue weighted by Crippen LogP contribution is -2.26. The maximum atomic E-state index is 5.65. The molecule has 2 unspecified atom stereocenters. The summed E-state index contributed by atoms with van der Waals surface area (Å²) >= 11 is 0. The van der Waals surface area contributed by atoms with E-state index in [1.54, 1.807) is 0 Å². The highest BCUT2D eigenvalue weighted by Crippen LogP contribution is 2.36. The van der Waals surface area contributed by atoms with E-state index in [2.05, 4.69) is 46.4 Å². The summed E-state index contributed by atoms with van der Waals surface area (Å²) in [5.41, 5.74) is 2.58. The molecule has 0 saturated carbocycles. The van der Waals surface area contributed by atoms with Crippen molar-refractivity contribution in [2.45, 2.75) is 38.3 Å². The molecule has 3 heterocycles. The molecule has 5 nitrogen and oxygen atoms in total. The molecule has 2 aromatic rings. The van der Waals surface area contributed by atoms with Crippen LogP contribution < -0.4 is 10.2 Å². The van der Waals surface area contributed by atoms with Crippen LogP contribution in [0.3, 0.4) is 0 Å². The summed E-state index contributed by atoms with van der Waals surface area (Å²) in [7, 11) is 0. The van der Waals surface area contributed by atoms with Crippen LogP contribution in [0.2, 0.25) is 0 Å². The number of nitrogens with zero attached hydrogens (tertiary/aromatic N) is 3. The van der Waals surface area contributed by atoms with Crippen molar-refractivity contribution in [1.29, 1.82) is 0 Å². The van der Waals surface area contributed by atoms with Crippen molar-refractivity contribution in [1.82, 2.24) is 9.97 Å². The molecule has 0 amide bonds. The fraction of sp³-hybridized carbons (Fsp3) is 0.444. The zero-order valence-electron chi connectivity index (χ0n) is 13.4. The summed E-state index contributed by atoms with van der Waals surface area (Å²) in [6.07, 6.45) is 5.45. The summed E-state index contributed by atoms with van der Waals surface area (Å²) in [4.78, 5) is 11.4. The minimum absolute atomic E-state index is 0.305. The Labute approximate surface area is 136 Å². The molecule has 1 fully saturated rings. The molecule has 1 aromatic heterocycles. The summed E-state index contributed by atoms with van der Waals surface area (Å²) in [6, 6.07) is 10.8. The molecule has 0 aliphatic carbocycles. The first-order valence-corrected chi connectivity index (χ1v) is 8.37. The van der Waals surface area contributed by atoms with Gasteiger partial charge in [0.15, 0.2) is 0 Å². The van der Waals surface area contributed by atoms with Gasteiger partial charge in [-0.15, -0.1) is 0 Å². The van der Waals surface area contributed by atoms with E-state index in [-0.39, 0.29) is 0 Å². The van der Waals surface area contributed by atoms with E-state index in [9.17, 15) is 0 Å². The van der Waals surface area contributed by atoms with Crippen molar-refractivity contribution >= 4 is 17.5 Å². The van der Waals surface area contributed by atoms with Gasteiger partial charge in [0.1, 0.15) is 5.82 Å². The van der Waals surface area contributed by atoms with Crippen molar-refractivity contribution in [3.8, 4) is 0 Å². The van der Waals surface area contributed by atoms with Gasteiger partial charge < -0.3 is 15.0 Å². The topological polar surface area (TPSA) is 50.3 Å². The van der Waals surface area contributed by atoms with Gasteiger partial charge in [-0.1, -0.05) is 18.2 Å². The average molecular weight is 310 g/mol. The maximum Gasteiger partial charge on any atom is 0.232 e. The van der Waals surface area contributed by atoms with E-state index < -0.39 is 0 Å². The first-order valence-electron chi connectivity index (χ1n) is 8.37. The Morgan fingerprint density at radius 2 is 2.22 bits per heavy atom. The first-order chi connectivity index (χ1) is 11.3. The molecule has 0 radical (unpaired) electrons. The lowest BCUT2D eigenvalue weighted by atomic mass is 10.1. The van der Waals surface area contributed by atoms with Crippen LogP contribution in [0.5, 0.6) is 0 Å². The van der Waals surface area contributed by atoms with Gasteiger partial charge in [0.2, 0.25) is 5.95 Å². The lowest BCUT2D eigenvalue weighted by Gasteiger charge is -2.23. The number of fused-ring (bicyclic) bond motifs is 1. The highest BCUT2D eigenvalue weighted by Gasteiger charge is 2.28. The third kappa shape index (κ3) is 2.88. The molecule has 1 N–H and O–H groups in total. The lowest BCUT2D eigenvalue weighted by molar-refractivity contribution is 0.120. The molecule has 2 aliphatic heterocycles. The Hall–Kier alpha value is -2.14. The molecule has 0 spiro atoms. The highest BCUT2D eigenvalue weighted by atomic mass is 16.5. The van der Waals surface area contributed by atoms with Gasteiger partial charge in [0.05, 0.1) is 6.10 Å². The van der Waals surface area contributed by atoms with E-state index in [0.717, 1.165) is 44.2 Å². The second-order valence-corrected chi connectivity index (χ2v) is 6.31. The Kier molecular flexibility index (Phi) is 3.87. The Morgan fingerprint density at radius 1 is 1.30 bits per heavy atom. The summed E-state index contributed by atoms with van der Waals surface area (Å²) in [6.45, 7) is 3.90. The molecule has 120 valence electrons. The molecule has 5 heteroatoms. The minimum Gasteiger partial charge on any atom is -0.376 e. The first kappa shape index (κ1) is 14.5. The van der Waals surface area contributed by atoms with Gasteiger partial charge in [-0.05, 0) is 43.9 Å². The Bertz CT molecular complexity index is 684. The third-order valence-electron chi connectivity index (χ3n) is 4.60. The molecule has 0 bridgehead atoms. The van der Waals surface area contributed by atoms with Crippen LogP contribution in [0.1, 0.15) is 25.3 Å². The van der Waals surface area contributed by atoms with Gasteiger partial charge in [0.25, 0.3) is 0 Å². The normalized spacial score (nSPS) is 23.1. The van der Waals surface area contributed by atoms with Crippen LogP contribution in [-0.4, -0.2) is 35.3 Å². The van der Waals surface area contributed by atoms with Gasteiger partial charge in [0, 0.05) is 31.1 Å². The third-order valence-corrected chi connectivity index (χ3v) is 4.60. The zero-order valence-corrected chi connectivity index (χ0v) is 13.4. The molecule has 1 aromatic carbocycles. The fourth-order valence-corrected chi connectivity index (χ4v) is 3.46. The smallest absolute Gasteiger partial charge is 0.232 e. The predicted molar refractivity (Wildman–Crippen MR) is 91.2 cm³/mol. The van der Waals surface area contributed by atoms with Crippen molar-refractivity contribution in [2.75, 3.05) is 23.4 Å². The predicted octanol–water partition coefficient (Wildman–Crippen LogP) is 3.15. The van der Waals surface area contributed by atoms with E-state index >= 15 is 0 Å². The number of hydrogen-bond donors (Lipinski definition) is 1. The molecular weight excluding hydrogens is 288 g/mol. The maximum absolute atomic E-state index is 5.65. The number of ether oxygens (including phenoxy) is 1.